The van der Waals surface area contributed by atoms with Crippen molar-refractivity contribution in [1.82, 2.24) is 4.90 Å². The summed E-state index contributed by atoms with van der Waals surface area (Å²) in [7, 11) is 2.89. The number of benzene rings is 1. The van der Waals surface area contributed by atoms with Gasteiger partial charge in [0.25, 0.3) is 5.91 Å². The zero-order valence-corrected chi connectivity index (χ0v) is 8.40. The first-order chi connectivity index (χ1) is 6.43. The highest BCUT2D eigenvalue weighted by molar-refractivity contribution is 6.31. The molecule has 0 aromatic heterocycles. The van der Waals surface area contributed by atoms with E-state index in [2.05, 4.69) is 0 Å². The topological polar surface area (TPSA) is 20.3 Å². The second-order valence-corrected chi connectivity index (χ2v) is 3.39. The summed E-state index contributed by atoms with van der Waals surface area (Å²) in [5.41, 5.74) is -0.361. The van der Waals surface area contributed by atoms with Crippen molar-refractivity contribution in [2.75, 3.05) is 14.1 Å². The molecule has 5 heteroatoms. The number of hydrogen-bond donors (Lipinski definition) is 0. The van der Waals surface area contributed by atoms with E-state index in [4.69, 9.17) is 11.6 Å². The molecule has 1 aromatic rings. The van der Waals surface area contributed by atoms with E-state index >= 15 is 0 Å². The Hall–Kier alpha value is -1.16. The van der Waals surface area contributed by atoms with Gasteiger partial charge < -0.3 is 4.90 Å². The van der Waals surface area contributed by atoms with E-state index in [1.807, 2.05) is 0 Å². The zero-order chi connectivity index (χ0) is 10.9. The fourth-order valence-corrected chi connectivity index (χ4v) is 1.16. The van der Waals surface area contributed by atoms with Gasteiger partial charge in [-0.25, -0.2) is 8.78 Å². The maximum absolute atomic E-state index is 13.1. The number of rotatable bonds is 1. The Morgan fingerprint density at radius 2 is 1.93 bits per heavy atom. The molecule has 0 unspecified atom stereocenters. The average Bonchev–Trinajstić information content (AvgIpc) is 2.09. The van der Waals surface area contributed by atoms with Gasteiger partial charge in [-0.3, -0.25) is 4.79 Å². The molecule has 0 atom stereocenters. The molecule has 0 spiro atoms. The third-order valence-corrected chi connectivity index (χ3v) is 1.85. The molecule has 0 radical (unpaired) electrons. The Labute approximate surface area is 85.1 Å². The summed E-state index contributed by atoms with van der Waals surface area (Å²) in [6.45, 7) is 0. The van der Waals surface area contributed by atoms with Crippen LogP contribution in [-0.4, -0.2) is 24.9 Å². The number of halogens is 3. The molecule has 1 rings (SSSR count). The van der Waals surface area contributed by atoms with Gasteiger partial charge in [0.1, 0.15) is 0 Å². The molecular weight excluding hydrogens is 212 g/mol. The van der Waals surface area contributed by atoms with Gasteiger partial charge in [0.2, 0.25) is 0 Å². The van der Waals surface area contributed by atoms with Crippen LogP contribution in [0, 0.1) is 11.6 Å². The maximum Gasteiger partial charge on any atom is 0.256 e. The highest BCUT2D eigenvalue weighted by Gasteiger charge is 2.17. The van der Waals surface area contributed by atoms with Crippen LogP contribution in [0.1, 0.15) is 10.4 Å². The van der Waals surface area contributed by atoms with Gasteiger partial charge in [-0.2, -0.15) is 0 Å². The largest absolute Gasteiger partial charge is 0.345 e. The minimum atomic E-state index is -1.17. The van der Waals surface area contributed by atoms with Gasteiger partial charge in [0.15, 0.2) is 11.6 Å². The number of hydrogen-bond acceptors (Lipinski definition) is 1. The highest BCUT2D eigenvalue weighted by atomic mass is 35.5. The van der Waals surface area contributed by atoms with Crippen molar-refractivity contribution in [3.63, 3.8) is 0 Å². The lowest BCUT2D eigenvalue weighted by atomic mass is 10.2. The van der Waals surface area contributed by atoms with Crippen molar-refractivity contribution in [3.05, 3.63) is 34.4 Å². The van der Waals surface area contributed by atoms with Crippen molar-refractivity contribution in [2.45, 2.75) is 0 Å². The third-order valence-electron chi connectivity index (χ3n) is 1.63. The first kappa shape index (κ1) is 10.9. The standard InChI is InChI=1S/C9H8ClF2NO/c1-13(2)9(14)6-3-5(10)4-7(11)8(6)12/h3-4H,1-2H3. The van der Waals surface area contributed by atoms with E-state index in [1.165, 1.54) is 14.1 Å². The molecule has 0 aliphatic heterocycles. The zero-order valence-electron chi connectivity index (χ0n) is 7.64. The molecule has 0 saturated carbocycles. The molecule has 0 saturated heterocycles. The van der Waals surface area contributed by atoms with Crippen LogP contribution in [0.5, 0.6) is 0 Å². The molecular formula is C9H8ClF2NO. The van der Waals surface area contributed by atoms with E-state index in [1.54, 1.807) is 0 Å². The monoisotopic (exact) mass is 219 g/mol. The van der Waals surface area contributed by atoms with Crippen LogP contribution >= 0.6 is 11.6 Å². The summed E-state index contributed by atoms with van der Waals surface area (Å²) in [5, 5.41) is -0.00546. The molecule has 0 aliphatic carbocycles. The molecule has 2 nitrogen and oxygen atoms in total. The lowest BCUT2D eigenvalue weighted by molar-refractivity contribution is 0.0822. The van der Waals surface area contributed by atoms with E-state index in [9.17, 15) is 13.6 Å². The SMILES string of the molecule is CN(C)C(=O)c1cc(Cl)cc(F)c1F. The summed E-state index contributed by atoms with van der Waals surface area (Å²) in [4.78, 5) is 12.5. The van der Waals surface area contributed by atoms with Crippen LogP contribution in [0.3, 0.4) is 0 Å². The molecule has 0 N–H and O–H groups in total. The smallest absolute Gasteiger partial charge is 0.256 e. The lowest BCUT2D eigenvalue weighted by Gasteiger charge is -2.11. The quantitative estimate of drug-likeness (QED) is 0.664. The van der Waals surface area contributed by atoms with E-state index < -0.39 is 17.5 Å². The summed E-state index contributed by atoms with van der Waals surface area (Å²) in [6, 6.07) is 1.92. The number of nitrogens with zero attached hydrogens (tertiary/aromatic N) is 1. The number of amides is 1. The molecule has 1 aromatic carbocycles. The normalized spacial score (nSPS) is 10.1. The molecule has 0 fully saturated rings. The molecule has 0 aliphatic rings. The summed E-state index contributed by atoms with van der Waals surface area (Å²) in [5.74, 6) is -2.92. The summed E-state index contributed by atoms with van der Waals surface area (Å²) < 4.78 is 25.9. The third kappa shape index (κ3) is 2.01. The Morgan fingerprint density at radius 1 is 1.36 bits per heavy atom. The van der Waals surface area contributed by atoms with E-state index in [0.717, 1.165) is 17.0 Å². The van der Waals surface area contributed by atoms with Gasteiger partial charge in [0, 0.05) is 19.1 Å². The minimum Gasteiger partial charge on any atom is -0.345 e. The summed E-state index contributed by atoms with van der Waals surface area (Å²) >= 11 is 5.49. The fourth-order valence-electron chi connectivity index (χ4n) is 0.953. The van der Waals surface area contributed by atoms with Gasteiger partial charge in [0.05, 0.1) is 5.56 Å². The van der Waals surface area contributed by atoms with E-state index in [-0.39, 0.29) is 10.6 Å². The number of carbonyl (C=O) groups excluding carboxylic acids is 1. The van der Waals surface area contributed by atoms with Gasteiger partial charge in [-0.05, 0) is 12.1 Å². The summed E-state index contributed by atoms with van der Waals surface area (Å²) in [6.07, 6.45) is 0. The van der Waals surface area contributed by atoms with Crippen molar-refractivity contribution < 1.29 is 13.6 Å². The van der Waals surface area contributed by atoms with Crippen molar-refractivity contribution in [1.29, 1.82) is 0 Å². The van der Waals surface area contributed by atoms with Gasteiger partial charge in [-0.1, -0.05) is 11.6 Å². The predicted octanol–water partition coefficient (Wildman–Crippen LogP) is 2.32. The Balaban J connectivity index is 3.27. The molecule has 1 amide bonds. The minimum absolute atomic E-state index is 0.00546. The van der Waals surface area contributed by atoms with Crippen LogP contribution < -0.4 is 0 Å². The molecule has 0 heterocycles. The van der Waals surface area contributed by atoms with Crippen LogP contribution in [0.2, 0.25) is 5.02 Å². The Bertz CT molecular complexity index is 379. The maximum atomic E-state index is 13.1. The van der Waals surface area contributed by atoms with Gasteiger partial charge in [-0.15, -0.1) is 0 Å². The average molecular weight is 220 g/mol. The Kier molecular flexibility index (Phi) is 3.06. The second kappa shape index (κ2) is 3.92. The van der Waals surface area contributed by atoms with Crippen LogP contribution in [0.25, 0.3) is 0 Å². The van der Waals surface area contributed by atoms with Crippen LogP contribution in [0.15, 0.2) is 12.1 Å². The van der Waals surface area contributed by atoms with Crippen LogP contribution in [0.4, 0.5) is 8.78 Å². The second-order valence-electron chi connectivity index (χ2n) is 2.95. The lowest BCUT2D eigenvalue weighted by Crippen LogP contribution is -2.23. The highest BCUT2D eigenvalue weighted by Crippen LogP contribution is 2.19. The van der Waals surface area contributed by atoms with Gasteiger partial charge >= 0.3 is 0 Å². The molecule has 0 bridgehead atoms. The first-order valence-corrected chi connectivity index (χ1v) is 4.17. The number of carbonyl (C=O) groups is 1. The van der Waals surface area contributed by atoms with E-state index in [0.29, 0.717) is 0 Å². The molecule has 14 heavy (non-hydrogen) atoms. The van der Waals surface area contributed by atoms with Crippen molar-refractivity contribution in [2.24, 2.45) is 0 Å². The van der Waals surface area contributed by atoms with Crippen molar-refractivity contribution >= 4 is 17.5 Å². The fraction of sp³-hybridized carbons (Fsp3) is 0.222. The van der Waals surface area contributed by atoms with Crippen LogP contribution in [-0.2, 0) is 0 Å². The Morgan fingerprint density at radius 3 is 2.43 bits per heavy atom. The first-order valence-electron chi connectivity index (χ1n) is 3.79. The van der Waals surface area contributed by atoms with Crippen molar-refractivity contribution in [3.8, 4) is 0 Å². The molecule has 76 valence electrons. The predicted molar refractivity (Wildman–Crippen MR) is 49.4 cm³/mol.